The second-order valence-electron chi connectivity index (χ2n) is 4.41. The summed E-state index contributed by atoms with van der Waals surface area (Å²) >= 11 is 0. The molecular weight excluding hydrogens is 242 g/mol. The van der Waals surface area contributed by atoms with Crippen molar-refractivity contribution in [2.24, 2.45) is 0 Å². The summed E-state index contributed by atoms with van der Waals surface area (Å²) in [5.74, 6) is 0.300. The number of para-hydroxylation sites is 1. The van der Waals surface area contributed by atoms with Gasteiger partial charge in [-0.25, -0.2) is 0 Å². The molecule has 0 aliphatic heterocycles. The van der Waals surface area contributed by atoms with Crippen LogP contribution in [0.15, 0.2) is 36.7 Å². The smallest absolute Gasteiger partial charge is 0.120 e. The van der Waals surface area contributed by atoms with Crippen molar-refractivity contribution in [3.63, 3.8) is 0 Å². The van der Waals surface area contributed by atoms with Crippen LogP contribution in [0.3, 0.4) is 0 Å². The molecule has 0 saturated carbocycles. The molecule has 1 aromatic carbocycles. The van der Waals surface area contributed by atoms with E-state index in [1.54, 1.807) is 19.4 Å². The van der Waals surface area contributed by atoms with E-state index < -0.39 is 0 Å². The first-order chi connectivity index (χ1) is 9.20. The predicted molar refractivity (Wildman–Crippen MR) is 74.2 cm³/mol. The maximum Gasteiger partial charge on any atom is 0.120 e. The Morgan fingerprint density at radius 2 is 2.21 bits per heavy atom. The number of nitrogens with one attached hydrogen (secondary N) is 1. The number of phenols is 1. The van der Waals surface area contributed by atoms with E-state index in [9.17, 15) is 5.11 Å². The van der Waals surface area contributed by atoms with E-state index in [4.69, 9.17) is 4.74 Å². The predicted octanol–water partition coefficient (Wildman–Crippen LogP) is 2.41. The Bertz CT molecular complexity index is 525. The fourth-order valence-corrected chi connectivity index (χ4v) is 1.93. The molecule has 0 aliphatic carbocycles. The molecule has 102 valence electrons. The molecule has 0 spiro atoms. The second kappa shape index (κ2) is 6.24. The average Bonchev–Trinajstić information content (AvgIpc) is 2.84. The zero-order valence-corrected chi connectivity index (χ0v) is 11.2. The van der Waals surface area contributed by atoms with Crippen LogP contribution in [0.5, 0.6) is 5.75 Å². The van der Waals surface area contributed by atoms with Gasteiger partial charge in [0, 0.05) is 18.9 Å². The third-order valence-corrected chi connectivity index (χ3v) is 2.94. The number of methoxy groups -OCH3 is 1. The first-order valence-electron chi connectivity index (χ1n) is 6.26. The lowest BCUT2D eigenvalue weighted by molar-refractivity contribution is 0.183. The summed E-state index contributed by atoms with van der Waals surface area (Å²) in [6, 6.07) is 7.34. The van der Waals surface area contributed by atoms with Crippen molar-refractivity contribution >= 4 is 5.69 Å². The summed E-state index contributed by atoms with van der Waals surface area (Å²) in [5, 5.41) is 17.3. The van der Waals surface area contributed by atoms with Crippen molar-refractivity contribution in [3.05, 3.63) is 42.2 Å². The van der Waals surface area contributed by atoms with E-state index >= 15 is 0 Å². The van der Waals surface area contributed by atoms with Gasteiger partial charge in [0.15, 0.2) is 0 Å². The number of rotatable bonds is 6. The van der Waals surface area contributed by atoms with E-state index in [-0.39, 0.29) is 6.04 Å². The van der Waals surface area contributed by atoms with Crippen LogP contribution >= 0.6 is 0 Å². The van der Waals surface area contributed by atoms with Crippen LogP contribution in [0.1, 0.15) is 18.5 Å². The Balaban J connectivity index is 2.01. The van der Waals surface area contributed by atoms with Gasteiger partial charge in [-0.1, -0.05) is 18.2 Å². The zero-order valence-electron chi connectivity index (χ0n) is 11.2. The molecule has 1 aromatic heterocycles. The first-order valence-corrected chi connectivity index (χ1v) is 6.26. The quantitative estimate of drug-likeness (QED) is 0.838. The maximum atomic E-state index is 9.80. The molecule has 2 N–H and O–H groups in total. The molecule has 2 aromatic rings. The van der Waals surface area contributed by atoms with Crippen LogP contribution in [0, 0.1) is 0 Å². The van der Waals surface area contributed by atoms with Gasteiger partial charge in [0.05, 0.1) is 31.1 Å². The van der Waals surface area contributed by atoms with Gasteiger partial charge in [-0.05, 0) is 13.0 Å². The zero-order chi connectivity index (χ0) is 13.7. The van der Waals surface area contributed by atoms with E-state index in [0.717, 1.165) is 17.8 Å². The number of hydrogen-bond acceptors (Lipinski definition) is 4. The fourth-order valence-electron chi connectivity index (χ4n) is 1.93. The molecular formula is C14H19N3O2. The lowest BCUT2D eigenvalue weighted by Crippen LogP contribution is -2.06. The Morgan fingerprint density at radius 3 is 2.95 bits per heavy atom. The molecule has 0 bridgehead atoms. The van der Waals surface area contributed by atoms with E-state index in [1.807, 2.05) is 36.0 Å². The van der Waals surface area contributed by atoms with Crippen molar-refractivity contribution in [1.29, 1.82) is 0 Å². The number of nitrogens with zero attached hydrogens (tertiary/aromatic N) is 2. The minimum absolute atomic E-state index is 0.0151. The van der Waals surface area contributed by atoms with E-state index in [1.165, 1.54) is 0 Å². The monoisotopic (exact) mass is 261 g/mol. The van der Waals surface area contributed by atoms with Gasteiger partial charge in [-0.15, -0.1) is 0 Å². The van der Waals surface area contributed by atoms with Crippen LogP contribution in [0.25, 0.3) is 0 Å². The number of phenolic OH excluding ortho intramolecular Hbond substituents is 1. The molecule has 1 unspecified atom stereocenters. The summed E-state index contributed by atoms with van der Waals surface area (Å²) < 4.78 is 6.83. The van der Waals surface area contributed by atoms with E-state index in [2.05, 4.69) is 10.4 Å². The summed E-state index contributed by atoms with van der Waals surface area (Å²) in [6.07, 6.45) is 3.70. The molecule has 2 rings (SSSR count). The van der Waals surface area contributed by atoms with Gasteiger partial charge in [-0.2, -0.15) is 5.10 Å². The molecule has 0 aliphatic rings. The number of benzene rings is 1. The average molecular weight is 261 g/mol. The standard InChI is InChI=1S/C14H19N3O2/c1-11(13-5-3-4-6-14(13)18)16-12-9-15-17(10-12)7-8-19-2/h3-6,9-11,16,18H,7-8H2,1-2H3. The molecule has 0 amide bonds. The van der Waals surface area contributed by atoms with Crippen LogP contribution in [-0.2, 0) is 11.3 Å². The topological polar surface area (TPSA) is 59.3 Å². The van der Waals surface area contributed by atoms with Crippen molar-refractivity contribution in [1.82, 2.24) is 9.78 Å². The Hall–Kier alpha value is -2.01. The van der Waals surface area contributed by atoms with Crippen LogP contribution < -0.4 is 5.32 Å². The highest BCUT2D eigenvalue weighted by Crippen LogP contribution is 2.26. The highest BCUT2D eigenvalue weighted by molar-refractivity contribution is 5.44. The second-order valence-corrected chi connectivity index (χ2v) is 4.41. The van der Waals surface area contributed by atoms with Crippen LogP contribution in [0.2, 0.25) is 0 Å². The van der Waals surface area contributed by atoms with Gasteiger partial charge >= 0.3 is 0 Å². The number of hydrogen-bond donors (Lipinski definition) is 2. The van der Waals surface area contributed by atoms with Crippen molar-refractivity contribution in [2.45, 2.75) is 19.5 Å². The third kappa shape index (κ3) is 3.48. The minimum atomic E-state index is 0.0151. The molecule has 5 heteroatoms. The summed E-state index contributed by atoms with van der Waals surface area (Å²) in [4.78, 5) is 0. The van der Waals surface area contributed by atoms with Crippen molar-refractivity contribution in [2.75, 3.05) is 19.0 Å². The number of aromatic nitrogens is 2. The molecule has 0 fully saturated rings. The third-order valence-electron chi connectivity index (χ3n) is 2.94. The number of aromatic hydroxyl groups is 1. The molecule has 0 radical (unpaired) electrons. The molecule has 1 heterocycles. The van der Waals surface area contributed by atoms with Gasteiger partial charge in [0.1, 0.15) is 5.75 Å². The largest absolute Gasteiger partial charge is 0.508 e. The lowest BCUT2D eigenvalue weighted by atomic mass is 10.1. The summed E-state index contributed by atoms with van der Waals surface area (Å²) in [5.41, 5.74) is 1.79. The van der Waals surface area contributed by atoms with E-state index in [0.29, 0.717) is 12.4 Å². The molecule has 0 saturated heterocycles. The summed E-state index contributed by atoms with van der Waals surface area (Å²) in [7, 11) is 1.67. The van der Waals surface area contributed by atoms with Crippen molar-refractivity contribution in [3.8, 4) is 5.75 Å². The van der Waals surface area contributed by atoms with Gasteiger partial charge in [0.25, 0.3) is 0 Å². The molecule has 19 heavy (non-hydrogen) atoms. The molecule has 1 atom stereocenters. The van der Waals surface area contributed by atoms with Crippen LogP contribution in [0.4, 0.5) is 5.69 Å². The van der Waals surface area contributed by atoms with Gasteiger partial charge in [-0.3, -0.25) is 4.68 Å². The normalized spacial score (nSPS) is 12.3. The Kier molecular flexibility index (Phi) is 4.41. The number of anilines is 1. The lowest BCUT2D eigenvalue weighted by Gasteiger charge is -2.15. The maximum absolute atomic E-state index is 9.80. The minimum Gasteiger partial charge on any atom is -0.508 e. The molecule has 5 nitrogen and oxygen atoms in total. The number of ether oxygens (including phenoxy) is 1. The van der Waals surface area contributed by atoms with Gasteiger partial charge < -0.3 is 15.2 Å². The fraction of sp³-hybridized carbons (Fsp3) is 0.357. The highest BCUT2D eigenvalue weighted by atomic mass is 16.5. The highest BCUT2D eigenvalue weighted by Gasteiger charge is 2.10. The first kappa shape index (κ1) is 13.4. The van der Waals surface area contributed by atoms with Crippen molar-refractivity contribution < 1.29 is 9.84 Å². The van der Waals surface area contributed by atoms with Gasteiger partial charge in [0.2, 0.25) is 0 Å². The summed E-state index contributed by atoms with van der Waals surface area (Å²) in [6.45, 7) is 3.36. The SMILES string of the molecule is COCCn1cc(NC(C)c2ccccc2O)cn1. The van der Waals surface area contributed by atoms with Crippen LogP contribution in [-0.4, -0.2) is 28.6 Å². The Labute approximate surface area is 112 Å². The Morgan fingerprint density at radius 1 is 1.42 bits per heavy atom.